The number of carbonyl (C=O) groups is 1. The Bertz CT molecular complexity index is 248. The zero-order chi connectivity index (χ0) is 8.97. The molecule has 0 amide bonds. The van der Waals surface area contributed by atoms with Gasteiger partial charge in [-0.3, -0.25) is 4.98 Å². The van der Waals surface area contributed by atoms with Crippen molar-refractivity contribution in [3.05, 3.63) is 16.6 Å². The van der Waals surface area contributed by atoms with Crippen LogP contribution >= 0.6 is 11.3 Å². The second kappa shape index (κ2) is 4.18. The van der Waals surface area contributed by atoms with E-state index in [2.05, 4.69) is 4.98 Å². The SMILES string of the molecule is CCOC(=O)C(N)c1cncs1. The first-order chi connectivity index (χ1) is 5.75. The van der Waals surface area contributed by atoms with Gasteiger partial charge in [-0.15, -0.1) is 11.3 Å². The van der Waals surface area contributed by atoms with E-state index in [-0.39, 0.29) is 0 Å². The van der Waals surface area contributed by atoms with Crippen LogP contribution in [0.1, 0.15) is 17.8 Å². The summed E-state index contributed by atoms with van der Waals surface area (Å²) in [6, 6.07) is -0.683. The van der Waals surface area contributed by atoms with Crippen LogP contribution in [0.5, 0.6) is 0 Å². The van der Waals surface area contributed by atoms with Crippen molar-refractivity contribution in [1.82, 2.24) is 4.98 Å². The molecule has 0 aliphatic rings. The number of hydrogen-bond donors (Lipinski definition) is 1. The molecular formula is C7H10N2O2S. The molecule has 0 fully saturated rings. The average molecular weight is 186 g/mol. The zero-order valence-corrected chi connectivity index (χ0v) is 7.50. The van der Waals surface area contributed by atoms with Crippen LogP contribution in [0, 0.1) is 0 Å². The van der Waals surface area contributed by atoms with Gasteiger partial charge < -0.3 is 10.5 Å². The Morgan fingerprint density at radius 2 is 2.67 bits per heavy atom. The van der Waals surface area contributed by atoms with Crippen LogP contribution in [0.4, 0.5) is 0 Å². The lowest BCUT2D eigenvalue weighted by molar-refractivity contribution is -0.144. The fourth-order valence-electron chi connectivity index (χ4n) is 0.727. The van der Waals surface area contributed by atoms with Crippen molar-refractivity contribution in [2.45, 2.75) is 13.0 Å². The van der Waals surface area contributed by atoms with Crippen LogP contribution in [-0.2, 0) is 9.53 Å². The maximum Gasteiger partial charge on any atom is 0.328 e. The van der Waals surface area contributed by atoms with Crippen LogP contribution in [0.25, 0.3) is 0 Å². The second-order valence-corrected chi connectivity index (χ2v) is 3.05. The summed E-state index contributed by atoms with van der Waals surface area (Å²) >= 11 is 1.35. The number of ether oxygens (including phenoxy) is 1. The normalized spacial score (nSPS) is 12.5. The standard InChI is InChI=1S/C7H10N2O2S/c1-2-11-7(10)6(8)5-3-9-4-12-5/h3-4,6H,2,8H2,1H3. The van der Waals surface area contributed by atoms with Crippen molar-refractivity contribution in [3.63, 3.8) is 0 Å². The van der Waals surface area contributed by atoms with Crippen molar-refractivity contribution in [2.75, 3.05) is 6.61 Å². The second-order valence-electron chi connectivity index (χ2n) is 2.13. The molecule has 1 rings (SSSR count). The summed E-state index contributed by atoms with van der Waals surface area (Å²) < 4.78 is 4.74. The fourth-order valence-corrected chi connectivity index (χ4v) is 1.34. The Morgan fingerprint density at radius 3 is 3.17 bits per heavy atom. The van der Waals surface area contributed by atoms with E-state index in [1.165, 1.54) is 11.3 Å². The van der Waals surface area contributed by atoms with E-state index in [0.717, 1.165) is 4.88 Å². The van der Waals surface area contributed by atoms with Gasteiger partial charge in [0.25, 0.3) is 0 Å². The molecule has 1 unspecified atom stereocenters. The number of aromatic nitrogens is 1. The molecule has 0 bridgehead atoms. The van der Waals surface area contributed by atoms with Gasteiger partial charge in [-0.1, -0.05) is 0 Å². The summed E-state index contributed by atoms with van der Waals surface area (Å²) in [6.07, 6.45) is 1.58. The molecule has 0 spiro atoms. The van der Waals surface area contributed by atoms with Gasteiger partial charge in [-0.05, 0) is 6.92 Å². The third-order valence-electron chi connectivity index (χ3n) is 1.30. The number of hydrogen-bond acceptors (Lipinski definition) is 5. The predicted octanol–water partition coefficient (Wildman–Crippen LogP) is 0.706. The van der Waals surface area contributed by atoms with Crippen LogP contribution in [-0.4, -0.2) is 17.6 Å². The minimum Gasteiger partial charge on any atom is -0.465 e. The zero-order valence-electron chi connectivity index (χ0n) is 6.69. The lowest BCUT2D eigenvalue weighted by atomic mass is 10.3. The summed E-state index contributed by atoms with van der Waals surface area (Å²) in [5.41, 5.74) is 7.20. The van der Waals surface area contributed by atoms with Gasteiger partial charge in [0.15, 0.2) is 0 Å². The molecule has 5 heteroatoms. The average Bonchev–Trinajstić information content (AvgIpc) is 2.55. The molecule has 0 radical (unpaired) electrons. The Labute approximate surface area is 74.4 Å². The first kappa shape index (κ1) is 9.15. The quantitative estimate of drug-likeness (QED) is 0.706. The number of thiazole rings is 1. The van der Waals surface area contributed by atoms with Gasteiger partial charge in [-0.2, -0.15) is 0 Å². The molecular weight excluding hydrogens is 176 g/mol. The summed E-state index contributed by atoms with van der Waals surface area (Å²) in [7, 11) is 0. The van der Waals surface area contributed by atoms with E-state index in [1.807, 2.05) is 0 Å². The molecule has 0 aromatic carbocycles. The Morgan fingerprint density at radius 1 is 1.92 bits per heavy atom. The number of nitrogens with two attached hydrogens (primary N) is 1. The lowest BCUT2D eigenvalue weighted by Crippen LogP contribution is -2.22. The van der Waals surface area contributed by atoms with E-state index in [9.17, 15) is 4.79 Å². The highest BCUT2D eigenvalue weighted by Gasteiger charge is 2.17. The molecule has 4 nitrogen and oxygen atoms in total. The Balaban J connectivity index is 2.59. The molecule has 1 heterocycles. The van der Waals surface area contributed by atoms with E-state index >= 15 is 0 Å². The number of carbonyl (C=O) groups excluding carboxylic acids is 1. The fraction of sp³-hybridized carbons (Fsp3) is 0.429. The van der Waals surface area contributed by atoms with Crippen molar-refractivity contribution in [2.24, 2.45) is 5.73 Å². The van der Waals surface area contributed by atoms with Crippen molar-refractivity contribution < 1.29 is 9.53 Å². The summed E-state index contributed by atoms with van der Waals surface area (Å²) in [5.74, 6) is -0.401. The molecule has 0 saturated carbocycles. The van der Waals surface area contributed by atoms with Gasteiger partial charge in [0.2, 0.25) is 0 Å². The number of esters is 1. The Hall–Kier alpha value is -0.940. The van der Waals surface area contributed by atoms with E-state index in [1.54, 1.807) is 18.6 Å². The van der Waals surface area contributed by atoms with E-state index in [0.29, 0.717) is 6.61 Å². The van der Waals surface area contributed by atoms with Gasteiger partial charge >= 0.3 is 5.97 Å². The van der Waals surface area contributed by atoms with Crippen molar-refractivity contribution in [3.8, 4) is 0 Å². The highest BCUT2D eigenvalue weighted by Crippen LogP contribution is 2.15. The molecule has 0 aliphatic carbocycles. The first-order valence-electron chi connectivity index (χ1n) is 3.56. The smallest absolute Gasteiger partial charge is 0.328 e. The minimum atomic E-state index is -0.683. The highest BCUT2D eigenvalue weighted by molar-refractivity contribution is 7.09. The van der Waals surface area contributed by atoms with Crippen LogP contribution in [0.2, 0.25) is 0 Å². The van der Waals surface area contributed by atoms with Crippen LogP contribution in [0.15, 0.2) is 11.7 Å². The number of nitrogens with zero attached hydrogens (tertiary/aromatic N) is 1. The molecule has 0 aliphatic heterocycles. The largest absolute Gasteiger partial charge is 0.465 e. The Kier molecular flexibility index (Phi) is 3.19. The predicted molar refractivity (Wildman–Crippen MR) is 45.7 cm³/mol. The van der Waals surface area contributed by atoms with Gasteiger partial charge in [0, 0.05) is 6.20 Å². The topological polar surface area (TPSA) is 65.2 Å². The van der Waals surface area contributed by atoms with Gasteiger partial charge in [-0.25, -0.2) is 4.79 Å². The first-order valence-corrected chi connectivity index (χ1v) is 4.44. The van der Waals surface area contributed by atoms with E-state index in [4.69, 9.17) is 10.5 Å². The molecule has 12 heavy (non-hydrogen) atoms. The van der Waals surface area contributed by atoms with E-state index < -0.39 is 12.0 Å². The molecule has 1 aromatic rings. The third-order valence-corrected chi connectivity index (χ3v) is 2.16. The molecule has 66 valence electrons. The van der Waals surface area contributed by atoms with Crippen molar-refractivity contribution >= 4 is 17.3 Å². The minimum absolute atomic E-state index is 0.353. The molecule has 0 saturated heterocycles. The monoisotopic (exact) mass is 186 g/mol. The molecule has 2 N–H and O–H groups in total. The van der Waals surface area contributed by atoms with Gasteiger partial charge in [0.05, 0.1) is 17.0 Å². The lowest BCUT2D eigenvalue weighted by Gasteiger charge is -2.06. The summed E-state index contributed by atoms with van der Waals surface area (Å²) in [6.45, 7) is 2.10. The molecule has 1 atom stereocenters. The summed E-state index contributed by atoms with van der Waals surface area (Å²) in [5, 5.41) is 0. The highest BCUT2D eigenvalue weighted by atomic mass is 32.1. The maximum atomic E-state index is 11.1. The number of rotatable bonds is 3. The van der Waals surface area contributed by atoms with Crippen LogP contribution in [0.3, 0.4) is 0 Å². The summed E-state index contributed by atoms with van der Waals surface area (Å²) in [4.78, 5) is 15.6. The van der Waals surface area contributed by atoms with Crippen molar-refractivity contribution in [1.29, 1.82) is 0 Å². The van der Waals surface area contributed by atoms with Crippen LogP contribution < -0.4 is 5.73 Å². The van der Waals surface area contributed by atoms with Gasteiger partial charge in [0.1, 0.15) is 6.04 Å². The molecule has 1 aromatic heterocycles. The maximum absolute atomic E-state index is 11.1. The third kappa shape index (κ3) is 2.02.